The highest BCUT2D eigenvalue weighted by Gasteiger charge is 2.17. The van der Waals surface area contributed by atoms with Gasteiger partial charge >= 0.3 is 0 Å². The predicted octanol–water partition coefficient (Wildman–Crippen LogP) is 4.25. The molecular formula is C19H22N2O3. The molecule has 1 N–H and O–H groups in total. The van der Waals surface area contributed by atoms with Gasteiger partial charge in [-0.05, 0) is 38.1 Å². The van der Waals surface area contributed by atoms with Crippen molar-refractivity contribution >= 4 is 16.6 Å². The number of aryl methyl sites for hydroxylation is 2. The summed E-state index contributed by atoms with van der Waals surface area (Å²) < 4.78 is 16.6. The molecule has 5 nitrogen and oxygen atoms in total. The Morgan fingerprint density at radius 1 is 1.17 bits per heavy atom. The van der Waals surface area contributed by atoms with Crippen molar-refractivity contribution < 1.29 is 13.9 Å². The van der Waals surface area contributed by atoms with Crippen molar-refractivity contribution in [1.82, 2.24) is 4.98 Å². The third-order valence-corrected chi connectivity index (χ3v) is 3.92. The number of anilines is 1. The summed E-state index contributed by atoms with van der Waals surface area (Å²) in [7, 11) is 3.34. The van der Waals surface area contributed by atoms with E-state index in [-0.39, 0.29) is 6.04 Å². The molecule has 0 bridgehead atoms. The quantitative estimate of drug-likeness (QED) is 0.734. The van der Waals surface area contributed by atoms with Crippen molar-refractivity contribution in [3.63, 3.8) is 0 Å². The van der Waals surface area contributed by atoms with Gasteiger partial charge in [-0.3, -0.25) is 0 Å². The Bertz CT molecular complexity index is 842. The Morgan fingerprint density at radius 2 is 2.00 bits per heavy atom. The molecule has 0 radical (unpaired) electrons. The molecule has 0 spiro atoms. The normalized spacial score (nSPS) is 12.3. The highest BCUT2D eigenvalue weighted by atomic mass is 16.5. The van der Waals surface area contributed by atoms with Gasteiger partial charge in [0.05, 0.1) is 13.7 Å². The molecule has 0 saturated carbocycles. The number of nitrogens with zero attached hydrogens (tertiary/aromatic N) is 1. The van der Waals surface area contributed by atoms with E-state index in [0.29, 0.717) is 6.61 Å². The number of nitrogens with one attached hydrogen (secondary N) is 1. The zero-order valence-electron chi connectivity index (χ0n) is 14.4. The summed E-state index contributed by atoms with van der Waals surface area (Å²) in [6.45, 7) is 4.41. The van der Waals surface area contributed by atoms with Gasteiger partial charge in [0.1, 0.15) is 28.8 Å². The number of benzene rings is 1. The van der Waals surface area contributed by atoms with E-state index in [2.05, 4.69) is 10.3 Å². The second-order valence-electron chi connectivity index (χ2n) is 5.77. The molecule has 24 heavy (non-hydrogen) atoms. The van der Waals surface area contributed by atoms with Crippen molar-refractivity contribution in [2.75, 3.05) is 26.1 Å². The van der Waals surface area contributed by atoms with E-state index in [4.69, 9.17) is 13.9 Å². The van der Waals surface area contributed by atoms with Crippen molar-refractivity contribution in [1.29, 1.82) is 0 Å². The number of fused-ring (bicyclic) bond motifs is 1. The van der Waals surface area contributed by atoms with Crippen LogP contribution < -0.4 is 10.1 Å². The highest BCUT2D eigenvalue weighted by molar-refractivity contribution is 5.95. The largest absolute Gasteiger partial charge is 0.494 e. The van der Waals surface area contributed by atoms with Crippen LogP contribution in [0.5, 0.6) is 5.75 Å². The van der Waals surface area contributed by atoms with E-state index in [1.165, 1.54) is 0 Å². The molecule has 5 heteroatoms. The Balaban J connectivity index is 2.04. The van der Waals surface area contributed by atoms with Crippen LogP contribution in [0.1, 0.15) is 23.3 Å². The summed E-state index contributed by atoms with van der Waals surface area (Å²) >= 11 is 0. The maximum atomic E-state index is 5.77. The summed E-state index contributed by atoms with van der Waals surface area (Å²) in [5, 5.41) is 4.53. The topological polar surface area (TPSA) is 56.5 Å². The molecule has 3 aromatic rings. The van der Waals surface area contributed by atoms with Gasteiger partial charge in [0.25, 0.3) is 0 Å². The molecule has 1 unspecified atom stereocenters. The maximum Gasteiger partial charge on any atom is 0.145 e. The van der Waals surface area contributed by atoms with E-state index in [1.54, 1.807) is 14.2 Å². The first kappa shape index (κ1) is 16.3. The first-order valence-corrected chi connectivity index (χ1v) is 7.88. The lowest BCUT2D eigenvalue weighted by atomic mass is 10.1. The van der Waals surface area contributed by atoms with Gasteiger partial charge in [0, 0.05) is 23.9 Å². The minimum atomic E-state index is -0.0834. The molecule has 0 aliphatic carbocycles. The monoisotopic (exact) mass is 326 g/mol. The van der Waals surface area contributed by atoms with Crippen molar-refractivity contribution in [3.05, 3.63) is 53.6 Å². The Hall–Kier alpha value is -2.53. The summed E-state index contributed by atoms with van der Waals surface area (Å²) in [5.74, 6) is 2.49. The zero-order valence-corrected chi connectivity index (χ0v) is 14.4. The van der Waals surface area contributed by atoms with Crippen molar-refractivity contribution in [2.24, 2.45) is 0 Å². The van der Waals surface area contributed by atoms with Crippen LogP contribution in [0.25, 0.3) is 10.9 Å². The van der Waals surface area contributed by atoms with Gasteiger partial charge in [-0.1, -0.05) is 12.1 Å². The molecule has 1 aromatic carbocycles. The summed E-state index contributed by atoms with van der Waals surface area (Å²) in [5.41, 5.74) is 2.74. The molecule has 2 aromatic heterocycles. The standard InChI is InChI=1S/C19H22N2O3/c1-12-10-15(14-6-5-7-18(23-4)19(14)20-12)21-16(11-22-3)17-9-8-13(2)24-17/h5-10,16H,11H2,1-4H3,(H,20,21). The van der Waals surface area contributed by atoms with Crippen LogP contribution in [0, 0.1) is 13.8 Å². The van der Waals surface area contributed by atoms with Crippen LogP contribution in [0.2, 0.25) is 0 Å². The summed E-state index contributed by atoms with van der Waals surface area (Å²) in [6.07, 6.45) is 0. The highest BCUT2D eigenvalue weighted by Crippen LogP contribution is 2.32. The number of methoxy groups -OCH3 is 2. The number of rotatable bonds is 6. The summed E-state index contributed by atoms with van der Waals surface area (Å²) in [4.78, 5) is 4.62. The van der Waals surface area contributed by atoms with Crippen LogP contribution in [0.4, 0.5) is 5.69 Å². The second-order valence-corrected chi connectivity index (χ2v) is 5.77. The molecule has 0 aliphatic rings. The van der Waals surface area contributed by atoms with E-state index in [9.17, 15) is 0 Å². The molecule has 0 amide bonds. The maximum absolute atomic E-state index is 5.77. The Kier molecular flexibility index (Phi) is 4.71. The van der Waals surface area contributed by atoms with Crippen LogP contribution in [0.3, 0.4) is 0 Å². The number of hydrogen-bond donors (Lipinski definition) is 1. The van der Waals surface area contributed by atoms with Gasteiger partial charge in [-0.25, -0.2) is 4.98 Å². The van der Waals surface area contributed by atoms with Crippen molar-refractivity contribution in [2.45, 2.75) is 19.9 Å². The molecule has 3 rings (SSSR count). The van der Waals surface area contributed by atoms with Gasteiger partial charge in [-0.2, -0.15) is 0 Å². The van der Waals surface area contributed by atoms with E-state index < -0.39 is 0 Å². The van der Waals surface area contributed by atoms with Crippen LogP contribution >= 0.6 is 0 Å². The fourth-order valence-corrected chi connectivity index (χ4v) is 2.82. The second kappa shape index (κ2) is 6.93. The SMILES string of the molecule is COCC(Nc1cc(C)nc2c(OC)cccc12)c1ccc(C)o1. The third kappa shape index (κ3) is 3.21. The van der Waals surface area contributed by atoms with Gasteiger partial charge in [0.15, 0.2) is 0 Å². The smallest absolute Gasteiger partial charge is 0.145 e. The van der Waals surface area contributed by atoms with Crippen LogP contribution in [0.15, 0.2) is 40.8 Å². The molecule has 126 valence electrons. The minimum absolute atomic E-state index is 0.0834. The third-order valence-electron chi connectivity index (χ3n) is 3.92. The first-order valence-electron chi connectivity index (χ1n) is 7.88. The number of furan rings is 1. The van der Waals surface area contributed by atoms with Gasteiger partial charge in [0.2, 0.25) is 0 Å². The number of para-hydroxylation sites is 1. The van der Waals surface area contributed by atoms with Gasteiger partial charge in [-0.15, -0.1) is 0 Å². The molecule has 0 aliphatic heterocycles. The number of aromatic nitrogens is 1. The Labute approximate surface area is 141 Å². The average Bonchev–Trinajstić information content (AvgIpc) is 3.00. The number of hydrogen-bond acceptors (Lipinski definition) is 5. The first-order chi connectivity index (χ1) is 11.6. The lowest BCUT2D eigenvalue weighted by molar-refractivity contribution is 0.178. The average molecular weight is 326 g/mol. The zero-order chi connectivity index (χ0) is 17.1. The van der Waals surface area contributed by atoms with Crippen LogP contribution in [-0.2, 0) is 4.74 Å². The van der Waals surface area contributed by atoms with E-state index >= 15 is 0 Å². The Morgan fingerprint density at radius 3 is 2.67 bits per heavy atom. The molecular weight excluding hydrogens is 304 g/mol. The molecule has 2 heterocycles. The fourth-order valence-electron chi connectivity index (χ4n) is 2.82. The predicted molar refractivity (Wildman–Crippen MR) is 94.7 cm³/mol. The van der Waals surface area contributed by atoms with E-state index in [0.717, 1.165) is 39.6 Å². The fraction of sp³-hybridized carbons (Fsp3) is 0.316. The lowest BCUT2D eigenvalue weighted by Crippen LogP contribution is -2.16. The van der Waals surface area contributed by atoms with Crippen molar-refractivity contribution in [3.8, 4) is 5.75 Å². The van der Waals surface area contributed by atoms with Gasteiger partial charge < -0.3 is 19.2 Å². The molecule has 0 saturated heterocycles. The number of ether oxygens (including phenoxy) is 2. The van der Waals surface area contributed by atoms with Crippen LogP contribution in [-0.4, -0.2) is 25.8 Å². The van der Waals surface area contributed by atoms with E-state index in [1.807, 2.05) is 50.2 Å². The summed E-state index contributed by atoms with van der Waals surface area (Å²) in [6, 6.07) is 11.8. The molecule has 1 atom stereocenters. The molecule has 0 fully saturated rings. The minimum Gasteiger partial charge on any atom is -0.494 e. The number of pyridine rings is 1. The lowest BCUT2D eigenvalue weighted by Gasteiger charge is -2.19.